The molecule has 22 heavy (non-hydrogen) atoms. The zero-order chi connectivity index (χ0) is 16.5. The van der Waals surface area contributed by atoms with Crippen LogP contribution < -0.4 is 10.5 Å². The molecule has 1 aliphatic heterocycles. The quantitative estimate of drug-likeness (QED) is 0.636. The van der Waals surface area contributed by atoms with E-state index in [0.29, 0.717) is 15.4 Å². The van der Waals surface area contributed by atoms with E-state index in [1.165, 1.54) is 11.0 Å². The molecule has 0 aromatic heterocycles. The number of sulfonamides is 1. The SMILES string of the molecule is NC[C@H]1C[C@@H](NS(=O)(=O)c2cc(Br)ccc2Br)CN1C(=O)O. The Hall–Kier alpha value is -0.680. The number of nitrogens with two attached hydrogens (primary N) is 1. The van der Waals surface area contributed by atoms with Gasteiger partial charge < -0.3 is 15.7 Å². The second kappa shape index (κ2) is 6.83. The lowest BCUT2D eigenvalue weighted by Crippen LogP contribution is -2.40. The van der Waals surface area contributed by atoms with Crippen LogP contribution >= 0.6 is 31.9 Å². The van der Waals surface area contributed by atoms with Gasteiger partial charge in [-0.2, -0.15) is 0 Å². The summed E-state index contributed by atoms with van der Waals surface area (Å²) in [6.45, 7) is 0.243. The van der Waals surface area contributed by atoms with E-state index in [-0.39, 0.29) is 24.0 Å². The van der Waals surface area contributed by atoms with E-state index in [1.54, 1.807) is 12.1 Å². The maximum atomic E-state index is 12.5. The zero-order valence-corrected chi connectivity index (χ0v) is 15.4. The third-order valence-corrected chi connectivity index (χ3v) is 6.44. The number of carbonyl (C=O) groups is 1. The Morgan fingerprint density at radius 3 is 2.68 bits per heavy atom. The third-order valence-electron chi connectivity index (χ3n) is 3.44. The molecule has 1 aromatic rings. The highest BCUT2D eigenvalue weighted by Gasteiger charge is 2.36. The minimum absolute atomic E-state index is 0.0854. The fourth-order valence-electron chi connectivity index (χ4n) is 2.43. The monoisotopic (exact) mass is 455 g/mol. The van der Waals surface area contributed by atoms with Crippen molar-refractivity contribution in [2.24, 2.45) is 5.73 Å². The molecule has 122 valence electrons. The van der Waals surface area contributed by atoms with Crippen LogP contribution in [0.25, 0.3) is 0 Å². The van der Waals surface area contributed by atoms with Gasteiger partial charge in [-0.05, 0) is 40.5 Å². The van der Waals surface area contributed by atoms with Gasteiger partial charge in [0, 0.05) is 34.1 Å². The van der Waals surface area contributed by atoms with Crippen molar-refractivity contribution in [1.82, 2.24) is 9.62 Å². The van der Waals surface area contributed by atoms with Crippen LogP contribution in [0.3, 0.4) is 0 Å². The number of hydrogen-bond acceptors (Lipinski definition) is 4. The number of nitrogens with one attached hydrogen (secondary N) is 1. The van der Waals surface area contributed by atoms with Crippen molar-refractivity contribution in [3.8, 4) is 0 Å². The minimum Gasteiger partial charge on any atom is -0.465 e. The Kier molecular flexibility index (Phi) is 5.49. The van der Waals surface area contributed by atoms with Gasteiger partial charge in [0.25, 0.3) is 0 Å². The molecule has 0 bridgehead atoms. The van der Waals surface area contributed by atoms with E-state index in [0.717, 1.165) is 0 Å². The fraction of sp³-hybridized carbons (Fsp3) is 0.417. The molecular formula is C12H15Br2N3O4S. The van der Waals surface area contributed by atoms with Crippen molar-refractivity contribution in [1.29, 1.82) is 0 Å². The van der Waals surface area contributed by atoms with Gasteiger partial charge in [-0.25, -0.2) is 17.9 Å². The van der Waals surface area contributed by atoms with Crippen LogP contribution in [0.2, 0.25) is 0 Å². The molecule has 0 unspecified atom stereocenters. The molecule has 1 heterocycles. The first kappa shape index (κ1) is 17.7. The Morgan fingerprint density at radius 2 is 2.14 bits per heavy atom. The average molecular weight is 457 g/mol. The summed E-state index contributed by atoms with van der Waals surface area (Å²) in [6.07, 6.45) is -0.742. The lowest BCUT2D eigenvalue weighted by molar-refractivity contribution is 0.141. The first-order valence-corrected chi connectivity index (χ1v) is 9.48. The van der Waals surface area contributed by atoms with E-state index >= 15 is 0 Å². The maximum Gasteiger partial charge on any atom is 0.407 e. The van der Waals surface area contributed by atoms with Crippen LogP contribution in [0.1, 0.15) is 6.42 Å². The van der Waals surface area contributed by atoms with Crippen molar-refractivity contribution < 1.29 is 18.3 Å². The Labute approximate surface area is 145 Å². The highest BCUT2D eigenvalue weighted by molar-refractivity contribution is 9.11. The third kappa shape index (κ3) is 3.80. The summed E-state index contributed by atoms with van der Waals surface area (Å²) < 4.78 is 28.6. The Balaban J connectivity index is 2.20. The molecule has 0 saturated carbocycles. The number of halogens is 2. The van der Waals surface area contributed by atoms with Gasteiger partial charge in [-0.15, -0.1) is 0 Å². The summed E-state index contributed by atoms with van der Waals surface area (Å²) in [7, 11) is -3.76. The van der Waals surface area contributed by atoms with E-state index in [9.17, 15) is 13.2 Å². The smallest absolute Gasteiger partial charge is 0.407 e. The second-order valence-electron chi connectivity index (χ2n) is 4.95. The number of amides is 1. The number of likely N-dealkylation sites (tertiary alicyclic amines) is 1. The summed E-state index contributed by atoms with van der Waals surface area (Å²) in [6, 6.07) is 3.95. The zero-order valence-electron chi connectivity index (χ0n) is 11.4. The summed E-state index contributed by atoms with van der Waals surface area (Å²) in [5.74, 6) is 0. The van der Waals surface area contributed by atoms with Crippen molar-refractivity contribution >= 4 is 48.0 Å². The molecule has 2 atom stereocenters. The molecule has 7 nitrogen and oxygen atoms in total. The van der Waals surface area contributed by atoms with Crippen molar-refractivity contribution in [2.75, 3.05) is 13.1 Å². The van der Waals surface area contributed by atoms with Crippen molar-refractivity contribution in [3.05, 3.63) is 27.1 Å². The maximum absolute atomic E-state index is 12.5. The van der Waals surface area contributed by atoms with E-state index in [2.05, 4.69) is 36.6 Å². The van der Waals surface area contributed by atoms with Crippen molar-refractivity contribution in [3.63, 3.8) is 0 Å². The average Bonchev–Trinajstić information content (AvgIpc) is 2.83. The molecule has 0 radical (unpaired) electrons. The lowest BCUT2D eigenvalue weighted by atomic mass is 10.2. The first-order valence-electron chi connectivity index (χ1n) is 6.41. The molecule has 1 aromatic carbocycles. The first-order chi connectivity index (χ1) is 10.2. The molecular weight excluding hydrogens is 442 g/mol. The van der Waals surface area contributed by atoms with Gasteiger partial charge in [0.15, 0.2) is 0 Å². The van der Waals surface area contributed by atoms with Crippen LogP contribution in [0, 0.1) is 0 Å². The topological polar surface area (TPSA) is 113 Å². The highest BCUT2D eigenvalue weighted by atomic mass is 79.9. The molecule has 0 spiro atoms. The van der Waals surface area contributed by atoms with Gasteiger partial charge in [0.1, 0.15) is 0 Å². The summed E-state index contributed by atoms with van der Waals surface area (Å²) in [5.41, 5.74) is 5.55. The number of rotatable bonds is 4. The van der Waals surface area contributed by atoms with E-state index < -0.39 is 22.2 Å². The molecule has 1 fully saturated rings. The van der Waals surface area contributed by atoms with Crippen LogP contribution in [0.5, 0.6) is 0 Å². The van der Waals surface area contributed by atoms with Crippen LogP contribution in [0.4, 0.5) is 4.79 Å². The predicted molar refractivity (Wildman–Crippen MR) is 88.1 cm³/mol. The Morgan fingerprint density at radius 1 is 1.45 bits per heavy atom. The largest absolute Gasteiger partial charge is 0.465 e. The Bertz CT molecular complexity index is 683. The molecule has 10 heteroatoms. The van der Waals surface area contributed by atoms with Crippen LogP contribution in [0.15, 0.2) is 32.0 Å². The normalized spacial score (nSPS) is 22.0. The number of nitrogens with zero attached hydrogens (tertiary/aromatic N) is 1. The van der Waals surface area contributed by atoms with Crippen LogP contribution in [-0.2, 0) is 10.0 Å². The minimum atomic E-state index is -3.76. The molecule has 4 N–H and O–H groups in total. The van der Waals surface area contributed by atoms with Gasteiger partial charge in [-0.3, -0.25) is 0 Å². The van der Waals surface area contributed by atoms with Gasteiger partial charge >= 0.3 is 6.09 Å². The fourth-order valence-corrected chi connectivity index (χ4v) is 5.17. The standard InChI is InChI=1S/C12H15Br2N3O4S/c13-7-1-2-10(14)11(3-7)22(20,21)16-8-4-9(5-15)17(6-8)12(18)19/h1-3,8-9,16H,4-6,15H2,(H,18,19)/t8-,9-/m1/s1. The predicted octanol–water partition coefficient (Wildman–Crippen LogP) is 1.57. The van der Waals surface area contributed by atoms with Gasteiger partial charge in [0.2, 0.25) is 10.0 Å². The second-order valence-corrected chi connectivity index (χ2v) is 8.41. The van der Waals surface area contributed by atoms with E-state index in [1.807, 2.05) is 0 Å². The molecule has 1 saturated heterocycles. The van der Waals surface area contributed by atoms with Gasteiger partial charge in [-0.1, -0.05) is 15.9 Å². The van der Waals surface area contributed by atoms with Crippen molar-refractivity contribution in [2.45, 2.75) is 23.4 Å². The molecule has 2 rings (SSSR count). The molecule has 1 amide bonds. The van der Waals surface area contributed by atoms with E-state index in [4.69, 9.17) is 10.8 Å². The summed E-state index contributed by atoms with van der Waals surface area (Å²) in [5, 5.41) is 9.11. The molecule has 1 aliphatic rings. The number of hydrogen-bond donors (Lipinski definition) is 3. The highest BCUT2D eigenvalue weighted by Crippen LogP contribution is 2.27. The van der Waals surface area contributed by atoms with Gasteiger partial charge in [0.05, 0.1) is 4.90 Å². The summed E-state index contributed by atoms with van der Waals surface area (Å²) >= 11 is 6.45. The molecule has 0 aliphatic carbocycles. The number of benzene rings is 1. The number of carboxylic acid groups (broad SMARTS) is 1. The summed E-state index contributed by atoms with van der Waals surface area (Å²) in [4.78, 5) is 12.4. The lowest BCUT2D eigenvalue weighted by Gasteiger charge is -2.18. The van der Waals surface area contributed by atoms with Crippen LogP contribution in [-0.4, -0.2) is 49.7 Å².